The molecule has 2 aliphatic rings. The molecule has 4 N–H and O–H groups in total. The number of fused-ring (bicyclic) bond motifs is 2. The smallest absolute Gasteiger partial charge is 0.0605 e. The van der Waals surface area contributed by atoms with E-state index in [9.17, 15) is 0 Å². The molecule has 4 nitrogen and oxygen atoms in total. The van der Waals surface area contributed by atoms with Crippen LogP contribution in [-0.2, 0) is 13.0 Å². The van der Waals surface area contributed by atoms with Gasteiger partial charge < -0.3 is 16.4 Å². The molecule has 1 unspecified atom stereocenters. The lowest BCUT2D eigenvalue weighted by Crippen LogP contribution is -2.37. The predicted octanol–water partition coefficient (Wildman–Crippen LogP) is 3.39. The summed E-state index contributed by atoms with van der Waals surface area (Å²) in [5.74, 6) is 0. The molecule has 0 amide bonds. The van der Waals surface area contributed by atoms with Crippen LogP contribution in [0.1, 0.15) is 66.6 Å². The molecule has 0 saturated heterocycles. The molecular weight excluding hydrogens is 320 g/mol. The van der Waals surface area contributed by atoms with Crippen LogP contribution < -0.4 is 16.4 Å². The summed E-state index contributed by atoms with van der Waals surface area (Å²) < 4.78 is 0. The van der Waals surface area contributed by atoms with Crippen LogP contribution in [0, 0.1) is 0 Å². The van der Waals surface area contributed by atoms with Crippen LogP contribution in [0.3, 0.4) is 0 Å². The fourth-order valence-corrected chi connectivity index (χ4v) is 4.56. The maximum atomic E-state index is 5.82. The SMILES string of the molecule is NCCCC(C[C@@H]1NCc2ccccc21)N[C@H]1CCCc2cccnc21. The van der Waals surface area contributed by atoms with Gasteiger partial charge in [0.1, 0.15) is 0 Å². The minimum atomic E-state index is 0.374. The van der Waals surface area contributed by atoms with Crippen molar-refractivity contribution in [1.29, 1.82) is 0 Å². The van der Waals surface area contributed by atoms with E-state index in [0.29, 0.717) is 18.1 Å². The van der Waals surface area contributed by atoms with Gasteiger partial charge in [-0.15, -0.1) is 0 Å². The van der Waals surface area contributed by atoms with E-state index in [0.717, 1.165) is 38.8 Å². The first-order valence-electron chi connectivity index (χ1n) is 10.1. The van der Waals surface area contributed by atoms with Crippen molar-refractivity contribution in [2.75, 3.05) is 6.54 Å². The van der Waals surface area contributed by atoms with Crippen LogP contribution in [0.2, 0.25) is 0 Å². The minimum absolute atomic E-state index is 0.374. The van der Waals surface area contributed by atoms with Crippen molar-refractivity contribution < 1.29 is 0 Å². The second kappa shape index (κ2) is 8.30. The Morgan fingerprint density at radius 2 is 2.08 bits per heavy atom. The molecule has 0 spiro atoms. The summed E-state index contributed by atoms with van der Waals surface area (Å²) in [6, 6.07) is 14.4. The van der Waals surface area contributed by atoms with Crippen LogP contribution in [0.4, 0.5) is 0 Å². The summed E-state index contributed by atoms with van der Waals surface area (Å²) in [5, 5.41) is 7.65. The average Bonchev–Trinajstić information content (AvgIpc) is 3.09. The summed E-state index contributed by atoms with van der Waals surface area (Å²) in [4.78, 5) is 4.70. The molecule has 26 heavy (non-hydrogen) atoms. The Morgan fingerprint density at radius 3 is 3.00 bits per heavy atom. The number of nitrogens with zero attached hydrogens (tertiary/aromatic N) is 1. The maximum Gasteiger partial charge on any atom is 0.0605 e. The fourth-order valence-electron chi connectivity index (χ4n) is 4.56. The predicted molar refractivity (Wildman–Crippen MR) is 106 cm³/mol. The van der Waals surface area contributed by atoms with Crippen molar-refractivity contribution >= 4 is 0 Å². The van der Waals surface area contributed by atoms with Gasteiger partial charge in [0.25, 0.3) is 0 Å². The van der Waals surface area contributed by atoms with Crippen molar-refractivity contribution in [2.45, 2.75) is 63.2 Å². The van der Waals surface area contributed by atoms with E-state index in [1.807, 2.05) is 6.20 Å². The van der Waals surface area contributed by atoms with Gasteiger partial charge in [-0.3, -0.25) is 4.98 Å². The number of aromatic nitrogens is 1. The molecule has 4 rings (SSSR count). The van der Waals surface area contributed by atoms with E-state index in [1.165, 1.54) is 35.2 Å². The second-order valence-electron chi connectivity index (χ2n) is 7.66. The molecule has 4 heteroatoms. The number of aryl methyl sites for hydroxylation is 1. The largest absolute Gasteiger partial charge is 0.330 e. The third kappa shape index (κ3) is 3.83. The molecule has 0 fully saturated rings. The van der Waals surface area contributed by atoms with Crippen LogP contribution in [0.15, 0.2) is 42.6 Å². The zero-order chi connectivity index (χ0) is 17.8. The van der Waals surface area contributed by atoms with Crippen molar-refractivity contribution in [3.05, 3.63) is 65.0 Å². The van der Waals surface area contributed by atoms with Crippen LogP contribution in [-0.4, -0.2) is 17.6 Å². The monoisotopic (exact) mass is 350 g/mol. The summed E-state index contributed by atoms with van der Waals surface area (Å²) in [7, 11) is 0. The highest BCUT2D eigenvalue weighted by molar-refractivity contribution is 5.34. The molecule has 0 radical (unpaired) electrons. The van der Waals surface area contributed by atoms with Crippen molar-refractivity contribution in [2.24, 2.45) is 5.73 Å². The lowest BCUT2D eigenvalue weighted by Gasteiger charge is -2.31. The molecule has 138 valence electrons. The van der Waals surface area contributed by atoms with E-state index in [4.69, 9.17) is 10.7 Å². The van der Waals surface area contributed by atoms with Gasteiger partial charge in [-0.2, -0.15) is 0 Å². The lowest BCUT2D eigenvalue weighted by atomic mass is 9.90. The Bertz CT molecular complexity index is 730. The van der Waals surface area contributed by atoms with Gasteiger partial charge in [-0.25, -0.2) is 0 Å². The normalized spacial score (nSPS) is 22.7. The molecule has 1 aromatic carbocycles. The van der Waals surface area contributed by atoms with Crippen LogP contribution >= 0.6 is 0 Å². The van der Waals surface area contributed by atoms with Crippen LogP contribution in [0.5, 0.6) is 0 Å². The first kappa shape index (κ1) is 17.7. The van der Waals surface area contributed by atoms with E-state index >= 15 is 0 Å². The number of pyridine rings is 1. The van der Waals surface area contributed by atoms with Crippen molar-refractivity contribution in [3.63, 3.8) is 0 Å². The van der Waals surface area contributed by atoms with Crippen molar-refractivity contribution in [3.8, 4) is 0 Å². The Hall–Kier alpha value is -1.75. The highest BCUT2D eigenvalue weighted by Gasteiger charge is 2.28. The second-order valence-corrected chi connectivity index (χ2v) is 7.66. The van der Waals surface area contributed by atoms with E-state index in [-0.39, 0.29) is 0 Å². The third-order valence-electron chi connectivity index (χ3n) is 5.88. The summed E-state index contributed by atoms with van der Waals surface area (Å²) in [6.07, 6.45) is 8.80. The standard InChI is InChI=1S/C22H30N4/c23-12-4-9-18(14-21-19-10-2-1-6-17(19)15-25-21)26-20-11-3-7-16-8-5-13-24-22(16)20/h1-2,5-6,8,10,13,18,20-21,25-26H,3-4,7,9,11-12,14-15,23H2/t18?,20-,21-/m0/s1. The van der Waals surface area contributed by atoms with Gasteiger partial charge in [0.05, 0.1) is 5.69 Å². The molecule has 2 aromatic rings. The number of nitrogens with one attached hydrogen (secondary N) is 2. The van der Waals surface area contributed by atoms with Gasteiger partial charge in [-0.1, -0.05) is 30.3 Å². The molecule has 0 saturated carbocycles. The van der Waals surface area contributed by atoms with Gasteiger partial charge in [-0.05, 0) is 67.8 Å². The minimum Gasteiger partial charge on any atom is -0.330 e. The first-order valence-corrected chi connectivity index (χ1v) is 10.1. The Balaban J connectivity index is 1.48. The number of rotatable bonds is 7. The Labute approximate surface area is 156 Å². The van der Waals surface area contributed by atoms with E-state index in [2.05, 4.69) is 47.0 Å². The highest BCUT2D eigenvalue weighted by atomic mass is 15.0. The van der Waals surface area contributed by atoms with Gasteiger partial charge in [0.15, 0.2) is 0 Å². The van der Waals surface area contributed by atoms with Gasteiger partial charge in [0.2, 0.25) is 0 Å². The summed E-state index contributed by atoms with van der Waals surface area (Å²) >= 11 is 0. The van der Waals surface area contributed by atoms with Gasteiger partial charge >= 0.3 is 0 Å². The summed E-state index contributed by atoms with van der Waals surface area (Å²) in [5.41, 5.74) is 11.4. The number of benzene rings is 1. The Kier molecular flexibility index (Phi) is 5.63. The number of nitrogens with two attached hydrogens (primary N) is 1. The molecule has 1 aromatic heterocycles. The highest BCUT2D eigenvalue weighted by Crippen LogP contribution is 2.32. The zero-order valence-corrected chi connectivity index (χ0v) is 15.5. The molecule has 1 aliphatic heterocycles. The zero-order valence-electron chi connectivity index (χ0n) is 15.5. The number of hydrogen-bond donors (Lipinski definition) is 3. The maximum absolute atomic E-state index is 5.82. The van der Waals surface area contributed by atoms with E-state index < -0.39 is 0 Å². The Morgan fingerprint density at radius 1 is 1.19 bits per heavy atom. The third-order valence-corrected chi connectivity index (χ3v) is 5.88. The molecule has 1 aliphatic carbocycles. The fraction of sp³-hybridized carbons (Fsp3) is 0.500. The molecule has 3 atom stereocenters. The quantitative estimate of drug-likeness (QED) is 0.716. The summed E-state index contributed by atoms with van der Waals surface area (Å²) in [6.45, 7) is 1.74. The van der Waals surface area contributed by atoms with Crippen molar-refractivity contribution in [1.82, 2.24) is 15.6 Å². The molecule has 2 heterocycles. The first-order chi connectivity index (χ1) is 12.8. The average molecular weight is 351 g/mol. The lowest BCUT2D eigenvalue weighted by molar-refractivity contribution is 0.329. The molecule has 0 bridgehead atoms. The van der Waals surface area contributed by atoms with Crippen LogP contribution in [0.25, 0.3) is 0 Å². The molecular formula is C22H30N4. The van der Waals surface area contributed by atoms with Gasteiger partial charge in [0, 0.05) is 30.9 Å². The number of hydrogen-bond acceptors (Lipinski definition) is 4. The van der Waals surface area contributed by atoms with E-state index in [1.54, 1.807) is 0 Å². The topological polar surface area (TPSA) is 63.0 Å².